The molecule has 3 fully saturated rings. The van der Waals surface area contributed by atoms with Crippen molar-refractivity contribution in [1.29, 1.82) is 0 Å². The number of morpholine rings is 1. The summed E-state index contributed by atoms with van der Waals surface area (Å²) in [7, 11) is 0. The van der Waals surface area contributed by atoms with E-state index in [1.165, 1.54) is 30.5 Å². The van der Waals surface area contributed by atoms with E-state index in [1.54, 1.807) is 0 Å². The SMILES string of the molecule is C#Cc1c(F)ccc2cc(O)cc(-c3ncc4c(N5CCOC[C@H]5C)nc(OC[C@@]56CCCN5C[C@H](F)C6)nc4c3F)c12. The molecular weight excluding hydrogens is 559 g/mol. The molecule has 0 spiro atoms. The van der Waals surface area contributed by atoms with Gasteiger partial charge in [0, 0.05) is 36.7 Å². The number of alkyl halides is 1. The zero-order chi connectivity index (χ0) is 29.9. The van der Waals surface area contributed by atoms with Crippen LogP contribution in [0.2, 0.25) is 0 Å². The van der Waals surface area contributed by atoms with Crippen LogP contribution in [0.15, 0.2) is 30.5 Å². The fourth-order valence-electron chi connectivity index (χ4n) is 6.94. The quantitative estimate of drug-likeness (QED) is 0.326. The van der Waals surface area contributed by atoms with Crippen LogP contribution in [0.1, 0.15) is 31.7 Å². The van der Waals surface area contributed by atoms with Crippen molar-refractivity contribution < 1.29 is 27.8 Å². The topological polar surface area (TPSA) is 83.8 Å². The van der Waals surface area contributed by atoms with Crippen molar-refractivity contribution in [2.24, 2.45) is 0 Å². The van der Waals surface area contributed by atoms with Crippen LogP contribution in [0.3, 0.4) is 0 Å². The number of aromatic hydroxyl groups is 1. The number of aromatic nitrogens is 3. The van der Waals surface area contributed by atoms with Gasteiger partial charge < -0.3 is 19.5 Å². The van der Waals surface area contributed by atoms with Gasteiger partial charge in [-0.25, -0.2) is 13.2 Å². The summed E-state index contributed by atoms with van der Waals surface area (Å²) in [6, 6.07) is 5.32. The number of nitrogens with zero attached hydrogens (tertiary/aromatic N) is 5. The van der Waals surface area contributed by atoms with E-state index >= 15 is 4.39 Å². The maximum atomic E-state index is 16.6. The smallest absolute Gasteiger partial charge is 0.319 e. The van der Waals surface area contributed by atoms with E-state index < -0.39 is 23.3 Å². The van der Waals surface area contributed by atoms with Gasteiger partial charge in [0.1, 0.15) is 41.4 Å². The lowest BCUT2D eigenvalue weighted by atomic mass is 9.95. The highest BCUT2D eigenvalue weighted by Crippen LogP contribution is 2.42. The molecule has 3 aliphatic rings. The molecule has 0 unspecified atom stereocenters. The van der Waals surface area contributed by atoms with E-state index in [1.807, 2.05) is 11.8 Å². The molecular formula is C32H30F3N5O3. The van der Waals surface area contributed by atoms with Crippen molar-refractivity contribution in [2.45, 2.75) is 43.9 Å². The number of hydrogen-bond donors (Lipinski definition) is 1. The van der Waals surface area contributed by atoms with Gasteiger partial charge in [0.2, 0.25) is 0 Å². The largest absolute Gasteiger partial charge is 0.508 e. The summed E-state index contributed by atoms with van der Waals surface area (Å²) < 4.78 is 57.6. The van der Waals surface area contributed by atoms with Crippen molar-refractivity contribution in [2.75, 3.05) is 44.4 Å². The van der Waals surface area contributed by atoms with Crippen molar-refractivity contribution in [3.05, 3.63) is 47.7 Å². The predicted molar refractivity (Wildman–Crippen MR) is 156 cm³/mol. The third-order valence-corrected chi connectivity index (χ3v) is 8.97. The highest BCUT2D eigenvalue weighted by molar-refractivity contribution is 6.03. The Morgan fingerprint density at radius 3 is 2.91 bits per heavy atom. The minimum absolute atomic E-state index is 0.0306. The summed E-state index contributed by atoms with van der Waals surface area (Å²) in [4.78, 5) is 17.8. The van der Waals surface area contributed by atoms with E-state index in [-0.39, 0.29) is 52.1 Å². The number of fused-ring (bicyclic) bond motifs is 3. The zero-order valence-electron chi connectivity index (χ0n) is 23.6. The van der Waals surface area contributed by atoms with Crippen molar-refractivity contribution in [3.63, 3.8) is 0 Å². The number of phenolic OH excluding ortho intramolecular Hbond substituents is 1. The maximum absolute atomic E-state index is 16.6. The number of phenols is 1. The molecule has 0 aliphatic carbocycles. The minimum Gasteiger partial charge on any atom is -0.508 e. The molecule has 43 heavy (non-hydrogen) atoms. The number of benzene rings is 2. The lowest BCUT2D eigenvalue weighted by molar-refractivity contribution is 0.0978. The molecule has 0 bridgehead atoms. The Balaban J connectivity index is 1.39. The average molecular weight is 590 g/mol. The van der Waals surface area contributed by atoms with Crippen LogP contribution in [0.25, 0.3) is 32.9 Å². The standard InChI is InChI=1S/C32H30F3N5O3/c1-3-22-25(34)6-5-19-11-21(41)12-23(26(19)22)28-27(35)29-24(14-36-28)30(40-9-10-42-16-18(40)2)38-31(37-29)43-17-32-7-4-8-39(32)15-20(33)13-32/h1,5-6,11-12,14,18,20,41H,4,7-10,13,15-17H2,2H3/t18-,20-,32+/m1/s1. The molecule has 0 radical (unpaired) electrons. The van der Waals surface area contributed by atoms with Crippen LogP contribution >= 0.6 is 0 Å². The van der Waals surface area contributed by atoms with Gasteiger partial charge in [-0.05, 0) is 49.9 Å². The molecule has 2 aromatic carbocycles. The number of anilines is 1. The number of halogens is 3. The fraction of sp³-hybridized carbons (Fsp3) is 0.406. The van der Waals surface area contributed by atoms with Crippen LogP contribution in [-0.2, 0) is 4.74 Å². The number of ether oxygens (including phenoxy) is 2. The highest BCUT2D eigenvalue weighted by atomic mass is 19.1. The second-order valence-corrected chi connectivity index (χ2v) is 11.7. The third-order valence-electron chi connectivity index (χ3n) is 8.97. The van der Waals surface area contributed by atoms with Gasteiger partial charge in [-0.15, -0.1) is 6.42 Å². The molecule has 0 saturated carbocycles. The molecule has 3 saturated heterocycles. The second-order valence-electron chi connectivity index (χ2n) is 11.7. The van der Waals surface area contributed by atoms with E-state index in [4.69, 9.17) is 20.9 Å². The van der Waals surface area contributed by atoms with Crippen molar-refractivity contribution in [1.82, 2.24) is 19.9 Å². The summed E-state index contributed by atoms with van der Waals surface area (Å²) >= 11 is 0. The third kappa shape index (κ3) is 4.60. The molecule has 1 N–H and O–H groups in total. The average Bonchev–Trinajstić information content (AvgIpc) is 3.52. The molecule has 222 valence electrons. The molecule has 11 heteroatoms. The van der Waals surface area contributed by atoms with Gasteiger partial charge in [-0.2, -0.15) is 9.97 Å². The van der Waals surface area contributed by atoms with Gasteiger partial charge in [0.15, 0.2) is 5.82 Å². The Morgan fingerprint density at radius 1 is 1.23 bits per heavy atom. The number of hydrogen-bond acceptors (Lipinski definition) is 8. The zero-order valence-corrected chi connectivity index (χ0v) is 23.6. The van der Waals surface area contributed by atoms with E-state index in [9.17, 15) is 13.9 Å². The normalized spacial score (nSPS) is 24.0. The van der Waals surface area contributed by atoms with E-state index in [0.29, 0.717) is 49.3 Å². The summed E-state index contributed by atoms with van der Waals surface area (Å²) in [6.45, 7) is 4.78. The summed E-state index contributed by atoms with van der Waals surface area (Å²) in [5.74, 6) is 1.20. The molecule has 2 aromatic heterocycles. The van der Waals surface area contributed by atoms with Crippen LogP contribution < -0.4 is 9.64 Å². The Kier molecular flexibility index (Phi) is 6.78. The molecule has 8 nitrogen and oxygen atoms in total. The minimum atomic E-state index is -0.924. The Labute approximate surface area is 246 Å². The predicted octanol–water partition coefficient (Wildman–Crippen LogP) is 4.99. The van der Waals surface area contributed by atoms with Crippen LogP contribution in [-0.4, -0.2) is 82.2 Å². The number of rotatable bonds is 5. The van der Waals surface area contributed by atoms with Gasteiger partial charge in [-0.3, -0.25) is 9.88 Å². The molecule has 3 atom stereocenters. The first-order valence-corrected chi connectivity index (χ1v) is 14.4. The maximum Gasteiger partial charge on any atom is 0.319 e. The Morgan fingerprint density at radius 2 is 2.09 bits per heavy atom. The van der Waals surface area contributed by atoms with Gasteiger partial charge in [-0.1, -0.05) is 12.0 Å². The van der Waals surface area contributed by atoms with E-state index in [0.717, 1.165) is 19.4 Å². The number of terminal acetylenes is 1. The van der Waals surface area contributed by atoms with Crippen molar-refractivity contribution in [3.8, 4) is 35.4 Å². The van der Waals surface area contributed by atoms with Crippen molar-refractivity contribution >= 4 is 27.5 Å². The first-order valence-electron chi connectivity index (χ1n) is 14.4. The molecule has 3 aliphatic heterocycles. The van der Waals surface area contributed by atoms with Crippen LogP contribution in [0, 0.1) is 24.0 Å². The number of pyridine rings is 1. The summed E-state index contributed by atoms with van der Waals surface area (Å²) in [5, 5.41) is 11.5. The Hall–Kier alpha value is -4.14. The monoisotopic (exact) mass is 589 g/mol. The molecule has 5 heterocycles. The van der Waals surface area contributed by atoms with Gasteiger partial charge >= 0.3 is 6.01 Å². The van der Waals surface area contributed by atoms with Gasteiger partial charge in [0.05, 0.1) is 35.7 Å². The van der Waals surface area contributed by atoms with Gasteiger partial charge in [0.25, 0.3) is 0 Å². The summed E-state index contributed by atoms with van der Waals surface area (Å²) in [5.41, 5.74) is -0.578. The lowest BCUT2D eigenvalue weighted by Crippen LogP contribution is -2.44. The Bertz CT molecular complexity index is 1800. The molecule has 0 amide bonds. The first kappa shape index (κ1) is 27.7. The summed E-state index contributed by atoms with van der Waals surface area (Å²) in [6.07, 6.45) is 8.32. The molecule has 7 rings (SSSR count). The molecule has 4 aromatic rings. The van der Waals surface area contributed by atoms with Crippen LogP contribution in [0.4, 0.5) is 19.0 Å². The first-order chi connectivity index (χ1) is 20.8. The second kappa shape index (κ2) is 10.5. The highest BCUT2D eigenvalue weighted by Gasteiger charge is 2.49. The fourth-order valence-corrected chi connectivity index (χ4v) is 6.94. The van der Waals surface area contributed by atoms with Crippen LogP contribution in [0.5, 0.6) is 11.8 Å². The van der Waals surface area contributed by atoms with E-state index in [2.05, 4.69) is 20.8 Å². The lowest BCUT2D eigenvalue weighted by Gasteiger charge is -2.35.